The Bertz CT molecular complexity index is 171. The highest BCUT2D eigenvalue weighted by Crippen LogP contribution is 2.16. The number of aliphatic hydroxyl groups excluding tert-OH is 4. The molecule has 4 nitrogen and oxygen atoms in total. The Morgan fingerprint density at radius 2 is 1.53 bits per heavy atom. The predicted octanol–water partition coefficient (Wildman–Crippen LogP) is 1.06. The molecule has 4 N–H and O–H groups in total. The molecular weight excluding hydrogens is 220 g/mol. The third-order valence-electron chi connectivity index (χ3n) is 3.29. The van der Waals surface area contributed by atoms with Gasteiger partial charge in [-0.05, 0) is 25.2 Å². The lowest BCUT2D eigenvalue weighted by Crippen LogP contribution is -2.30. The van der Waals surface area contributed by atoms with E-state index < -0.39 is 18.3 Å². The van der Waals surface area contributed by atoms with Gasteiger partial charge in [-0.25, -0.2) is 0 Å². The Kier molecular flexibility index (Phi) is 9.74. The van der Waals surface area contributed by atoms with E-state index in [0.717, 1.165) is 12.8 Å². The van der Waals surface area contributed by atoms with E-state index >= 15 is 0 Å². The molecule has 0 aromatic heterocycles. The first-order valence-electron chi connectivity index (χ1n) is 6.70. The van der Waals surface area contributed by atoms with E-state index in [-0.39, 0.29) is 18.9 Å². The van der Waals surface area contributed by atoms with Gasteiger partial charge in [0, 0.05) is 13.0 Å². The second kappa shape index (κ2) is 9.83. The summed E-state index contributed by atoms with van der Waals surface area (Å²) in [6.07, 6.45) is 1.58. The Morgan fingerprint density at radius 3 is 2.00 bits per heavy atom. The number of rotatable bonds is 10. The largest absolute Gasteiger partial charge is 0.396 e. The van der Waals surface area contributed by atoms with E-state index in [9.17, 15) is 15.3 Å². The van der Waals surface area contributed by atoms with Crippen molar-refractivity contribution >= 4 is 0 Å². The predicted molar refractivity (Wildman–Crippen MR) is 67.6 cm³/mol. The van der Waals surface area contributed by atoms with Gasteiger partial charge in [-0.1, -0.05) is 26.7 Å². The monoisotopic (exact) mass is 248 g/mol. The molecule has 0 bridgehead atoms. The molecule has 0 aliphatic carbocycles. The van der Waals surface area contributed by atoms with Crippen molar-refractivity contribution in [2.75, 3.05) is 6.61 Å². The fourth-order valence-corrected chi connectivity index (χ4v) is 1.91. The van der Waals surface area contributed by atoms with E-state index in [1.165, 1.54) is 0 Å². The molecule has 0 fully saturated rings. The van der Waals surface area contributed by atoms with Gasteiger partial charge in [-0.3, -0.25) is 0 Å². The van der Waals surface area contributed by atoms with Crippen LogP contribution in [0.5, 0.6) is 0 Å². The highest BCUT2D eigenvalue weighted by Gasteiger charge is 2.20. The second-order valence-corrected chi connectivity index (χ2v) is 4.85. The second-order valence-electron chi connectivity index (χ2n) is 4.85. The molecule has 0 saturated heterocycles. The first-order chi connectivity index (χ1) is 8.04. The minimum atomic E-state index is -0.868. The van der Waals surface area contributed by atoms with E-state index in [1.807, 2.05) is 13.8 Å². The van der Waals surface area contributed by atoms with Crippen molar-refractivity contribution in [1.82, 2.24) is 0 Å². The van der Waals surface area contributed by atoms with Crippen LogP contribution in [-0.2, 0) is 0 Å². The lowest BCUT2D eigenvalue weighted by Gasteiger charge is -2.22. The SMILES string of the molecule is CCCC(O)CC(O)C(O)CCC(CC)CO. The average Bonchev–Trinajstić information content (AvgIpc) is 2.30. The first-order valence-corrected chi connectivity index (χ1v) is 6.70. The lowest BCUT2D eigenvalue weighted by atomic mass is 9.95. The third kappa shape index (κ3) is 7.71. The summed E-state index contributed by atoms with van der Waals surface area (Å²) in [5.74, 6) is 0.192. The Labute approximate surface area is 104 Å². The molecule has 0 aromatic rings. The standard InChI is InChI=1S/C13H28O4/c1-3-5-11(15)8-13(17)12(16)7-6-10(4-2)9-14/h10-17H,3-9H2,1-2H3. The van der Waals surface area contributed by atoms with Gasteiger partial charge >= 0.3 is 0 Å². The number of aliphatic hydroxyl groups is 4. The molecule has 17 heavy (non-hydrogen) atoms. The smallest absolute Gasteiger partial charge is 0.0823 e. The summed E-state index contributed by atoms with van der Waals surface area (Å²) in [5, 5.41) is 38.0. The van der Waals surface area contributed by atoms with Crippen LogP contribution in [0.3, 0.4) is 0 Å². The van der Waals surface area contributed by atoms with Crippen molar-refractivity contribution in [3.05, 3.63) is 0 Å². The minimum absolute atomic E-state index is 0.123. The van der Waals surface area contributed by atoms with Crippen LogP contribution < -0.4 is 0 Å². The fraction of sp³-hybridized carbons (Fsp3) is 1.00. The van der Waals surface area contributed by atoms with Gasteiger partial charge in [0.2, 0.25) is 0 Å². The third-order valence-corrected chi connectivity index (χ3v) is 3.29. The van der Waals surface area contributed by atoms with Crippen molar-refractivity contribution < 1.29 is 20.4 Å². The van der Waals surface area contributed by atoms with Crippen molar-refractivity contribution in [3.8, 4) is 0 Å². The zero-order valence-electron chi connectivity index (χ0n) is 11.0. The van der Waals surface area contributed by atoms with E-state index in [2.05, 4.69) is 0 Å². The molecule has 0 heterocycles. The van der Waals surface area contributed by atoms with Gasteiger partial charge in [0.15, 0.2) is 0 Å². The van der Waals surface area contributed by atoms with E-state index in [4.69, 9.17) is 5.11 Å². The van der Waals surface area contributed by atoms with Crippen molar-refractivity contribution in [1.29, 1.82) is 0 Å². The van der Waals surface area contributed by atoms with Crippen LogP contribution in [-0.4, -0.2) is 45.3 Å². The lowest BCUT2D eigenvalue weighted by molar-refractivity contribution is -0.0204. The topological polar surface area (TPSA) is 80.9 Å². The summed E-state index contributed by atoms with van der Waals surface area (Å²) in [6, 6.07) is 0. The van der Waals surface area contributed by atoms with Crippen LogP contribution in [0.25, 0.3) is 0 Å². The maximum absolute atomic E-state index is 9.73. The summed E-state index contributed by atoms with van der Waals surface area (Å²) in [6.45, 7) is 4.09. The molecule has 0 saturated carbocycles. The molecule has 104 valence electrons. The number of hydrogen-bond acceptors (Lipinski definition) is 4. The first kappa shape index (κ1) is 16.8. The molecule has 0 spiro atoms. The molecule has 0 aliphatic heterocycles. The zero-order valence-corrected chi connectivity index (χ0v) is 11.0. The zero-order chi connectivity index (χ0) is 13.3. The van der Waals surface area contributed by atoms with Crippen LogP contribution in [0.15, 0.2) is 0 Å². The summed E-state index contributed by atoms with van der Waals surface area (Å²) in [7, 11) is 0. The highest BCUT2D eigenvalue weighted by atomic mass is 16.3. The van der Waals surface area contributed by atoms with Gasteiger partial charge in [-0.2, -0.15) is 0 Å². The molecule has 4 atom stereocenters. The van der Waals surface area contributed by atoms with Gasteiger partial charge in [0.1, 0.15) is 0 Å². The summed E-state index contributed by atoms with van der Waals surface area (Å²) in [5.41, 5.74) is 0. The van der Waals surface area contributed by atoms with Crippen LogP contribution in [0.1, 0.15) is 52.4 Å². The molecule has 0 aliphatic rings. The van der Waals surface area contributed by atoms with Crippen LogP contribution in [0.2, 0.25) is 0 Å². The Hall–Kier alpha value is -0.160. The molecule has 0 rings (SSSR count). The minimum Gasteiger partial charge on any atom is -0.396 e. The van der Waals surface area contributed by atoms with Gasteiger partial charge < -0.3 is 20.4 Å². The van der Waals surface area contributed by atoms with Gasteiger partial charge in [0.25, 0.3) is 0 Å². The van der Waals surface area contributed by atoms with Crippen LogP contribution >= 0.6 is 0 Å². The van der Waals surface area contributed by atoms with Crippen molar-refractivity contribution in [2.24, 2.45) is 5.92 Å². The summed E-state index contributed by atoms with van der Waals surface area (Å²) in [4.78, 5) is 0. The summed E-state index contributed by atoms with van der Waals surface area (Å²) >= 11 is 0. The molecule has 0 amide bonds. The van der Waals surface area contributed by atoms with Gasteiger partial charge in [0.05, 0.1) is 18.3 Å². The average molecular weight is 248 g/mol. The number of hydrogen-bond donors (Lipinski definition) is 4. The quantitative estimate of drug-likeness (QED) is 0.466. The van der Waals surface area contributed by atoms with Crippen molar-refractivity contribution in [2.45, 2.75) is 70.7 Å². The van der Waals surface area contributed by atoms with E-state index in [1.54, 1.807) is 0 Å². The summed E-state index contributed by atoms with van der Waals surface area (Å²) < 4.78 is 0. The maximum Gasteiger partial charge on any atom is 0.0823 e. The fourth-order valence-electron chi connectivity index (χ4n) is 1.91. The maximum atomic E-state index is 9.73. The molecular formula is C13H28O4. The van der Waals surface area contributed by atoms with E-state index in [0.29, 0.717) is 19.3 Å². The van der Waals surface area contributed by atoms with Crippen LogP contribution in [0, 0.1) is 5.92 Å². The van der Waals surface area contributed by atoms with Crippen molar-refractivity contribution in [3.63, 3.8) is 0 Å². The molecule has 4 unspecified atom stereocenters. The Balaban J connectivity index is 3.84. The molecule has 4 heteroatoms. The highest BCUT2D eigenvalue weighted by molar-refractivity contribution is 4.72. The van der Waals surface area contributed by atoms with Crippen LogP contribution in [0.4, 0.5) is 0 Å². The Morgan fingerprint density at radius 1 is 0.882 bits per heavy atom. The van der Waals surface area contributed by atoms with Gasteiger partial charge in [-0.15, -0.1) is 0 Å². The molecule has 0 radical (unpaired) electrons. The normalized spacial score (nSPS) is 18.7. The molecule has 0 aromatic carbocycles.